The van der Waals surface area contributed by atoms with Crippen molar-refractivity contribution >= 4 is 17.7 Å². The zero-order valence-corrected chi connectivity index (χ0v) is 17.7. The summed E-state index contributed by atoms with van der Waals surface area (Å²) >= 11 is 1.34. The number of carbonyl (C=O) groups is 1. The van der Waals surface area contributed by atoms with E-state index in [9.17, 15) is 9.18 Å². The minimum atomic E-state index is -0.363. The molecule has 1 N–H and O–H groups in total. The second-order valence-electron chi connectivity index (χ2n) is 7.21. The molecule has 0 saturated heterocycles. The predicted molar refractivity (Wildman–Crippen MR) is 114 cm³/mol. The van der Waals surface area contributed by atoms with E-state index < -0.39 is 0 Å². The number of aromatic nitrogens is 3. The second kappa shape index (κ2) is 8.87. The molecule has 4 rings (SSSR count). The van der Waals surface area contributed by atoms with Gasteiger partial charge in [0.2, 0.25) is 5.91 Å². The number of hydrogen-bond acceptors (Lipinski definition) is 5. The molecule has 1 saturated carbocycles. The lowest BCUT2D eigenvalue weighted by Gasteiger charge is -2.14. The van der Waals surface area contributed by atoms with E-state index in [1.165, 1.54) is 17.8 Å². The SMILES string of the molecule is COc1ccc(CNC(=O)C(C)Sc2nnc(-c3ccccc3F)n2C2CC2)cc1. The summed E-state index contributed by atoms with van der Waals surface area (Å²) in [5, 5.41) is 11.7. The number of halogens is 1. The molecule has 0 spiro atoms. The number of methoxy groups -OCH3 is 1. The van der Waals surface area contributed by atoms with Gasteiger partial charge in [-0.05, 0) is 49.6 Å². The molecule has 1 atom stereocenters. The Morgan fingerprint density at radius 2 is 1.97 bits per heavy atom. The van der Waals surface area contributed by atoms with Crippen LogP contribution in [0.4, 0.5) is 4.39 Å². The maximum absolute atomic E-state index is 14.3. The van der Waals surface area contributed by atoms with Crippen LogP contribution in [0.2, 0.25) is 0 Å². The summed E-state index contributed by atoms with van der Waals surface area (Å²) in [6.45, 7) is 2.27. The van der Waals surface area contributed by atoms with Crippen LogP contribution in [0.1, 0.15) is 31.4 Å². The summed E-state index contributed by atoms with van der Waals surface area (Å²) in [4.78, 5) is 12.6. The molecule has 30 heavy (non-hydrogen) atoms. The average Bonchev–Trinajstić information content (AvgIpc) is 3.53. The molecule has 1 unspecified atom stereocenters. The molecule has 1 heterocycles. The van der Waals surface area contributed by atoms with Crippen molar-refractivity contribution in [3.05, 3.63) is 59.9 Å². The molecule has 2 aromatic carbocycles. The number of rotatable bonds is 8. The van der Waals surface area contributed by atoms with Gasteiger partial charge in [0.05, 0.1) is 17.9 Å². The minimum Gasteiger partial charge on any atom is -0.497 e. The van der Waals surface area contributed by atoms with Crippen LogP contribution < -0.4 is 10.1 Å². The van der Waals surface area contributed by atoms with Crippen LogP contribution in [-0.2, 0) is 11.3 Å². The fraction of sp³-hybridized carbons (Fsp3) is 0.318. The summed E-state index contributed by atoms with van der Waals surface area (Å²) in [7, 11) is 1.62. The number of amides is 1. The Labute approximate surface area is 178 Å². The highest BCUT2D eigenvalue weighted by Gasteiger charge is 2.32. The first kappa shape index (κ1) is 20.4. The van der Waals surface area contributed by atoms with E-state index in [-0.39, 0.29) is 23.0 Å². The highest BCUT2D eigenvalue weighted by molar-refractivity contribution is 8.00. The van der Waals surface area contributed by atoms with Crippen molar-refractivity contribution in [2.24, 2.45) is 0 Å². The van der Waals surface area contributed by atoms with Crippen LogP contribution >= 0.6 is 11.8 Å². The highest BCUT2D eigenvalue weighted by atomic mass is 32.2. The number of thioether (sulfide) groups is 1. The van der Waals surface area contributed by atoms with Crippen LogP contribution in [-0.4, -0.2) is 33.0 Å². The minimum absolute atomic E-state index is 0.0893. The number of nitrogens with one attached hydrogen (secondary N) is 1. The first-order valence-electron chi connectivity index (χ1n) is 9.84. The van der Waals surface area contributed by atoms with Gasteiger partial charge in [-0.1, -0.05) is 36.0 Å². The van der Waals surface area contributed by atoms with E-state index in [0.717, 1.165) is 24.2 Å². The predicted octanol–water partition coefficient (Wildman–Crippen LogP) is 4.22. The van der Waals surface area contributed by atoms with E-state index in [4.69, 9.17) is 4.74 Å². The first-order valence-corrected chi connectivity index (χ1v) is 10.7. The maximum atomic E-state index is 14.3. The Morgan fingerprint density at radius 1 is 1.23 bits per heavy atom. The lowest BCUT2D eigenvalue weighted by molar-refractivity contribution is -0.120. The molecular weight excluding hydrogens is 403 g/mol. The molecule has 0 bridgehead atoms. The summed E-state index contributed by atoms with van der Waals surface area (Å²) < 4.78 is 21.4. The molecule has 1 aromatic heterocycles. The third-order valence-corrected chi connectivity index (χ3v) is 6.03. The molecule has 0 aliphatic heterocycles. The van der Waals surface area contributed by atoms with Gasteiger partial charge < -0.3 is 10.1 Å². The van der Waals surface area contributed by atoms with Crippen LogP contribution in [0.3, 0.4) is 0 Å². The fourth-order valence-corrected chi connectivity index (χ4v) is 4.08. The molecule has 0 radical (unpaired) electrons. The second-order valence-corrected chi connectivity index (χ2v) is 8.52. The van der Waals surface area contributed by atoms with Crippen LogP contribution in [0.5, 0.6) is 5.75 Å². The van der Waals surface area contributed by atoms with E-state index >= 15 is 0 Å². The van der Waals surface area contributed by atoms with Gasteiger partial charge in [-0.15, -0.1) is 10.2 Å². The summed E-state index contributed by atoms with van der Waals surface area (Å²) in [5.41, 5.74) is 1.42. The van der Waals surface area contributed by atoms with Crippen molar-refractivity contribution in [3.8, 4) is 17.1 Å². The fourth-order valence-electron chi connectivity index (χ4n) is 3.13. The van der Waals surface area contributed by atoms with Crippen LogP contribution in [0.15, 0.2) is 53.7 Å². The quantitative estimate of drug-likeness (QED) is 0.546. The molecule has 6 nitrogen and oxygen atoms in total. The van der Waals surface area contributed by atoms with E-state index in [0.29, 0.717) is 23.1 Å². The van der Waals surface area contributed by atoms with Gasteiger partial charge in [0.25, 0.3) is 0 Å². The number of benzene rings is 2. The molecule has 1 aliphatic carbocycles. The standard InChI is InChI=1S/C22H23FN4O2S/c1-14(21(28)24-13-15-7-11-17(29-2)12-8-15)30-22-26-25-20(27(22)16-9-10-16)18-5-3-4-6-19(18)23/h3-8,11-12,14,16H,9-10,13H2,1-2H3,(H,24,28). The smallest absolute Gasteiger partial charge is 0.233 e. The lowest BCUT2D eigenvalue weighted by Crippen LogP contribution is -2.30. The normalized spacial score (nSPS) is 14.4. The van der Waals surface area contributed by atoms with Gasteiger partial charge in [0, 0.05) is 12.6 Å². The molecule has 1 amide bonds. The largest absolute Gasteiger partial charge is 0.497 e. The Hall–Kier alpha value is -2.87. The average molecular weight is 427 g/mol. The number of nitrogens with zero attached hydrogens (tertiary/aromatic N) is 3. The first-order chi connectivity index (χ1) is 14.6. The van der Waals surface area contributed by atoms with Crippen molar-refractivity contribution < 1.29 is 13.9 Å². The summed E-state index contributed by atoms with van der Waals surface area (Å²) in [6, 6.07) is 14.4. The van der Waals surface area contributed by atoms with Crippen molar-refractivity contribution in [3.63, 3.8) is 0 Å². The van der Waals surface area contributed by atoms with Crippen molar-refractivity contribution in [2.75, 3.05) is 7.11 Å². The van der Waals surface area contributed by atoms with Gasteiger partial charge in [0.15, 0.2) is 11.0 Å². The van der Waals surface area contributed by atoms with Gasteiger partial charge in [-0.2, -0.15) is 0 Å². The third-order valence-electron chi connectivity index (χ3n) is 4.97. The zero-order chi connectivity index (χ0) is 21.1. The molecular formula is C22H23FN4O2S. The maximum Gasteiger partial charge on any atom is 0.233 e. The van der Waals surface area contributed by atoms with Crippen molar-refractivity contribution in [1.82, 2.24) is 20.1 Å². The van der Waals surface area contributed by atoms with Crippen LogP contribution in [0, 0.1) is 5.82 Å². The Balaban J connectivity index is 1.44. The lowest BCUT2D eigenvalue weighted by atomic mass is 10.2. The zero-order valence-electron chi connectivity index (χ0n) is 16.8. The van der Waals surface area contributed by atoms with Gasteiger partial charge in [-0.25, -0.2) is 4.39 Å². The Kier molecular flexibility index (Phi) is 6.03. The van der Waals surface area contributed by atoms with Crippen molar-refractivity contribution in [2.45, 2.75) is 42.8 Å². The van der Waals surface area contributed by atoms with E-state index in [2.05, 4.69) is 15.5 Å². The third kappa shape index (κ3) is 4.48. The van der Waals surface area contributed by atoms with E-state index in [1.54, 1.807) is 25.3 Å². The topological polar surface area (TPSA) is 69.0 Å². The summed E-state index contributed by atoms with van der Waals surface area (Å²) in [5.74, 6) is 0.880. The highest BCUT2D eigenvalue weighted by Crippen LogP contribution is 2.42. The number of ether oxygens (including phenoxy) is 1. The Morgan fingerprint density at radius 3 is 2.63 bits per heavy atom. The summed E-state index contributed by atoms with van der Waals surface area (Å²) in [6.07, 6.45) is 2.01. The molecule has 156 valence electrons. The van der Waals surface area contributed by atoms with Crippen LogP contribution in [0.25, 0.3) is 11.4 Å². The van der Waals surface area contributed by atoms with Gasteiger partial charge in [0.1, 0.15) is 11.6 Å². The molecule has 1 aliphatic rings. The Bertz CT molecular complexity index is 1030. The van der Waals surface area contributed by atoms with Gasteiger partial charge in [-0.3, -0.25) is 9.36 Å². The molecule has 8 heteroatoms. The monoisotopic (exact) mass is 426 g/mol. The molecule has 1 fully saturated rings. The number of hydrogen-bond donors (Lipinski definition) is 1. The van der Waals surface area contributed by atoms with Crippen molar-refractivity contribution in [1.29, 1.82) is 0 Å². The molecule has 3 aromatic rings. The van der Waals surface area contributed by atoms with E-state index in [1.807, 2.05) is 35.8 Å². The van der Waals surface area contributed by atoms with Gasteiger partial charge >= 0.3 is 0 Å². The number of carbonyl (C=O) groups excluding carboxylic acids is 1.